The van der Waals surface area contributed by atoms with E-state index in [0.717, 1.165) is 11.1 Å². The van der Waals surface area contributed by atoms with Crippen molar-refractivity contribution in [2.24, 2.45) is 0 Å². The zero-order valence-corrected chi connectivity index (χ0v) is 28.5. The molecule has 0 N–H and O–H groups in total. The molecular formula is C49H35N. The van der Waals surface area contributed by atoms with Gasteiger partial charge in [0.25, 0.3) is 0 Å². The Morgan fingerprint density at radius 1 is 0.580 bits per heavy atom. The van der Waals surface area contributed by atoms with Gasteiger partial charge in [0.15, 0.2) is 0 Å². The molecule has 2 aliphatic rings. The first-order valence-electron chi connectivity index (χ1n) is 17.3. The zero-order valence-electron chi connectivity index (χ0n) is 28.5. The van der Waals surface area contributed by atoms with Gasteiger partial charge in [0, 0.05) is 11.0 Å². The summed E-state index contributed by atoms with van der Waals surface area (Å²) in [5.74, 6) is 0. The van der Waals surface area contributed by atoms with Gasteiger partial charge in [0.05, 0.1) is 6.07 Å². The van der Waals surface area contributed by atoms with Crippen molar-refractivity contribution in [2.75, 3.05) is 0 Å². The highest BCUT2D eigenvalue weighted by Crippen LogP contribution is 2.61. The minimum atomic E-state index is -0.235. The number of nitrogens with zero attached hydrogens (tertiary/aromatic N) is 1. The van der Waals surface area contributed by atoms with E-state index in [-0.39, 0.29) is 5.41 Å². The van der Waals surface area contributed by atoms with E-state index in [9.17, 15) is 5.26 Å². The highest BCUT2D eigenvalue weighted by atomic mass is 14.4. The Morgan fingerprint density at radius 2 is 1.18 bits per heavy atom. The Hall–Kier alpha value is -6.23. The van der Waals surface area contributed by atoms with E-state index in [1.165, 1.54) is 88.3 Å². The van der Waals surface area contributed by atoms with Crippen LogP contribution in [-0.4, -0.2) is 0 Å². The second-order valence-corrected chi connectivity index (χ2v) is 14.0. The minimum Gasteiger partial charge on any atom is -0.192 e. The van der Waals surface area contributed by atoms with Gasteiger partial charge >= 0.3 is 0 Å². The van der Waals surface area contributed by atoms with Crippen molar-refractivity contribution in [1.29, 1.82) is 5.26 Å². The van der Waals surface area contributed by atoms with Crippen LogP contribution in [0.4, 0.5) is 0 Å². The molecule has 0 aromatic heterocycles. The monoisotopic (exact) mass is 637 g/mol. The molecule has 50 heavy (non-hydrogen) atoms. The Bertz CT molecular complexity index is 2680. The first kappa shape index (κ1) is 29.9. The Balaban J connectivity index is 1.35. The lowest BCUT2D eigenvalue weighted by Crippen LogP contribution is -2.15. The Morgan fingerprint density at radius 3 is 1.80 bits per heavy atom. The summed E-state index contributed by atoms with van der Waals surface area (Å²) in [4.78, 5) is 0. The van der Waals surface area contributed by atoms with Gasteiger partial charge in [-0.2, -0.15) is 5.26 Å². The molecule has 0 atom stereocenters. The van der Waals surface area contributed by atoms with Crippen LogP contribution >= 0.6 is 0 Å². The van der Waals surface area contributed by atoms with E-state index in [0.29, 0.717) is 5.57 Å². The topological polar surface area (TPSA) is 23.8 Å². The molecular weight excluding hydrogens is 603 g/mol. The van der Waals surface area contributed by atoms with E-state index in [1.54, 1.807) is 0 Å². The summed E-state index contributed by atoms with van der Waals surface area (Å²) in [6, 6.07) is 49.3. The van der Waals surface area contributed by atoms with Crippen LogP contribution in [0.5, 0.6) is 0 Å². The van der Waals surface area contributed by atoms with Crippen molar-refractivity contribution >= 4 is 27.1 Å². The van der Waals surface area contributed by atoms with E-state index < -0.39 is 0 Å². The third kappa shape index (κ3) is 4.19. The molecule has 1 nitrogen and oxygen atoms in total. The summed E-state index contributed by atoms with van der Waals surface area (Å²) in [5.41, 5.74) is 18.0. The van der Waals surface area contributed by atoms with Crippen LogP contribution in [-0.2, 0) is 5.41 Å². The molecule has 0 unspecified atom stereocenters. The summed E-state index contributed by atoms with van der Waals surface area (Å²) in [7, 11) is 0. The average molecular weight is 638 g/mol. The van der Waals surface area contributed by atoms with Crippen molar-refractivity contribution in [3.8, 4) is 61.7 Å². The second kappa shape index (κ2) is 11.2. The highest BCUT2D eigenvalue weighted by molar-refractivity contribution is 6.29. The molecule has 0 radical (unpaired) electrons. The van der Waals surface area contributed by atoms with Gasteiger partial charge in [-0.05, 0) is 125 Å². The molecule has 0 spiro atoms. The maximum Gasteiger partial charge on any atom is 0.0988 e. The molecule has 0 fully saturated rings. The third-order valence-electron chi connectivity index (χ3n) is 11.0. The lowest BCUT2D eigenvalue weighted by molar-refractivity contribution is 0.661. The predicted molar refractivity (Wildman–Crippen MR) is 212 cm³/mol. The van der Waals surface area contributed by atoms with Gasteiger partial charge in [-0.25, -0.2) is 0 Å². The normalized spacial score (nSPS) is 13.8. The van der Waals surface area contributed by atoms with Crippen LogP contribution in [0.3, 0.4) is 0 Å². The van der Waals surface area contributed by atoms with Gasteiger partial charge in [-0.1, -0.05) is 148 Å². The molecule has 7 aromatic carbocycles. The third-order valence-corrected chi connectivity index (χ3v) is 11.0. The molecule has 0 saturated carbocycles. The van der Waals surface area contributed by atoms with Crippen molar-refractivity contribution < 1.29 is 0 Å². The quantitative estimate of drug-likeness (QED) is 0.136. The fourth-order valence-electron chi connectivity index (χ4n) is 8.57. The largest absolute Gasteiger partial charge is 0.192 e. The Kier molecular flexibility index (Phi) is 6.67. The van der Waals surface area contributed by atoms with Gasteiger partial charge in [0.2, 0.25) is 0 Å². The lowest BCUT2D eigenvalue weighted by Gasteiger charge is -2.24. The van der Waals surface area contributed by atoms with Gasteiger partial charge < -0.3 is 0 Å². The summed E-state index contributed by atoms with van der Waals surface area (Å²) in [6.07, 6.45) is 5.61. The number of allylic oxidation sites excluding steroid dienone is 5. The average Bonchev–Trinajstić information content (AvgIpc) is 3.60. The number of hydrogen-bond donors (Lipinski definition) is 0. The molecule has 0 saturated heterocycles. The SMILES string of the molecule is C=C(/C=C\C(C#N)=C/C)c1ccc2c(c1)C(C)(C)c1cc3c4c(cccc4c1-2)-c1c-3c(-c2ccccc2)c2ccccc2c1-c1ccccc1. The maximum atomic E-state index is 9.41. The van der Waals surface area contributed by atoms with Crippen LogP contribution in [0.25, 0.3) is 82.8 Å². The molecule has 236 valence electrons. The minimum absolute atomic E-state index is 0.235. The summed E-state index contributed by atoms with van der Waals surface area (Å²) >= 11 is 0. The Labute approximate surface area is 293 Å². The molecule has 1 heteroatoms. The van der Waals surface area contributed by atoms with Crippen LogP contribution in [0.15, 0.2) is 158 Å². The molecule has 0 bridgehead atoms. The summed E-state index contributed by atoms with van der Waals surface area (Å²) in [5, 5.41) is 14.6. The first-order chi connectivity index (χ1) is 24.4. The summed E-state index contributed by atoms with van der Waals surface area (Å²) in [6.45, 7) is 11.0. The van der Waals surface area contributed by atoms with Crippen molar-refractivity contribution in [3.63, 3.8) is 0 Å². The molecule has 0 amide bonds. The second-order valence-electron chi connectivity index (χ2n) is 14.0. The van der Waals surface area contributed by atoms with Gasteiger partial charge in [0.1, 0.15) is 0 Å². The number of benzene rings is 7. The van der Waals surface area contributed by atoms with Crippen molar-refractivity contribution in [3.05, 3.63) is 174 Å². The molecule has 9 rings (SSSR count). The van der Waals surface area contributed by atoms with Crippen molar-refractivity contribution in [1.82, 2.24) is 0 Å². The molecule has 0 heterocycles. The van der Waals surface area contributed by atoms with Gasteiger partial charge in [-0.3, -0.25) is 0 Å². The van der Waals surface area contributed by atoms with Gasteiger partial charge in [-0.15, -0.1) is 0 Å². The number of fused-ring (bicyclic) bond motifs is 8. The first-order valence-corrected chi connectivity index (χ1v) is 17.3. The number of rotatable bonds is 5. The molecule has 2 aliphatic carbocycles. The number of hydrogen-bond acceptors (Lipinski definition) is 1. The zero-order chi connectivity index (χ0) is 34.1. The highest BCUT2D eigenvalue weighted by Gasteiger charge is 2.40. The van der Waals surface area contributed by atoms with Crippen LogP contribution < -0.4 is 0 Å². The molecule has 7 aromatic rings. The van der Waals surface area contributed by atoms with Crippen molar-refractivity contribution in [2.45, 2.75) is 26.2 Å². The summed E-state index contributed by atoms with van der Waals surface area (Å²) < 4.78 is 0. The van der Waals surface area contributed by atoms with Crippen LogP contribution in [0.1, 0.15) is 37.5 Å². The predicted octanol–water partition coefficient (Wildman–Crippen LogP) is 13.3. The number of nitriles is 1. The van der Waals surface area contributed by atoms with E-state index in [4.69, 9.17) is 0 Å². The lowest BCUT2D eigenvalue weighted by atomic mass is 9.79. The van der Waals surface area contributed by atoms with Crippen LogP contribution in [0, 0.1) is 11.3 Å². The van der Waals surface area contributed by atoms with E-state index in [1.807, 2.05) is 25.2 Å². The smallest absolute Gasteiger partial charge is 0.0988 e. The van der Waals surface area contributed by atoms with E-state index >= 15 is 0 Å². The maximum absolute atomic E-state index is 9.41. The van der Waals surface area contributed by atoms with Crippen LogP contribution in [0.2, 0.25) is 0 Å². The fourth-order valence-corrected chi connectivity index (χ4v) is 8.57. The standard InChI is InChI=1S/C49H35N/c1-5-31(29-50)24-23-30(2)34-25-26-37-41(27-34)49(3,4)42-28-40-45-38(46(37)42)21-14-22-39(45)47-43(32-15-8-6-9-16-32)35-19-12-13-20-36(35)44(48(40)47)33-17-10-7-11-18-33/h5-28H,2H2,1,3-4H3/b24-23-,31-5+. The fraction of sp³-hybridized carbons (Fsp3) is 0.0816. The molecule has 0 aliphatic heterocycles. The van der Waals surface area contributed by atoms with E-state index in [2.05, 4.69) is 154 Å².